The van der Waals surface area contributed by atoms with Gasteiger partial charge in [-0.15, -0.1) is 0 Å². The SMILES string of the molecule is CC1(C)CC(NC(=O)c2ccc(COc3cccc(-c4ccc(N)cc4)c3)cc2)CC(C)(C)N1. The van der Waals surface area contributed by atoms with E-state index in [0.29, 0.717) is 12.2 Å². The predicted molar refractivity (Wildman–Crippen MR) is 139 cm³/mol. The van der Waals surface area contributed by atoms with Gasteiger partial charge in [-0.25, -0.2) is 0 Å². The normalized spacial score (nSPS) is 17.2. The minimum atomic E-state index is -0.0258. The first-order chi connectivity index (χ1) is 16.1. The molecule has 1 aliphatic heterocycles. The fourth-order valence-electron chi connectivity index (χ4n) is 5.05. The Hall–Kier alpha value is -3.31. The number of hydrogen-bond donors (Lipinski definition) is 3. The Bertz CT molecular complexity index is 1120. The second-order valence-electron chi connectivity index (χ2n) is 10.6. The third-order valence-corrected chi connectivity index (χ3v) is 6.23. The van der Waals surface area contributed by atoms with Gasteiger partial charge in [0.1, 0.15) is 12.4 Å². The number of nitrogen functional groups attached to an aromatic ring is 1. The van der Waals surface area contributed by atoms with Crippen LogP contribution in [0, 0.1) is 0 Å². The molecular formula is C29H35N3O2. The van der Waals surface area contributed by atoms with Gasteiger partial charge in [0.2, 0.25) is 0 Å². The van der Waals surface area contributed by atoms with Crippen molar-refractivity contribution in [1.82, 2.24) is 10.6 Å². The van der Waals surface area contributed by atoms with Crippen molar-refractivity contribution in [2.75, 3.05) is 5.73 Å². The third kappa shape index (κ3) is 6.17. The third-order valence-electron chi connectivity index (χ3n) is 6.23. The van der Waals surface area contributed by atoms with Gasteiger partial charge >= 0.3 is 0 Å². The van der Waals surface area contributed by atoms with Gasteiger partial charge in [0, 0.05) is 28.4 Å². The molecule has 1 amide bonds. The van der Waals surface area contributed by atoms with Gasteiger partial charge in [-0.2, -0.15) is 0 Å². The van der Waals surface area contributed by atoms with E-state index in [1.54, 1.807) is 0 Å². The van der Waals surface area contributed by atoms with Crippen molar-refractivity contribution in [2.45, 2.75) is 64.3 Å². The minimum absolute atomic E-state index is 0.00787. The number of amides is 1. The number of rotatable bonds is 6. The Morgan fingerprint density at radius 3 is 2.24 bits per heavy atom. The second-order valence-corrected chi connectivity index (χ2v) is 10.6. The van der Waals surface area contributed by atoms with Crippen LogP contribution in [0.25, 0.3) is 11.1 Å². The largest absolute Gasteiger partial charge is 0.489 e. The summed E-state index contributed by atoms with van der Waals surface area (Å²) in [6, 6.07) is 23.6. The maximum atomic E-state index is 12.8. The minimum Gasteiger partial charge on any atom is -0.489 e. The molecule has 4 N–H and O–H groups in total. The molecule has 0 spiro atoms. The van der Waals surface area contributed by atoms with Crippen molar-refractivity contribution < 1.29 is 9.53 Å². The van der Waals surface area contributed by atoms with Gasteiger partial charge in [0.25, 0.3) is 5.91 Å². The number of anilines is 1. The molecule has 0 aromatic heterocycles. The zero-order valence-corrected chi connectivity index (χ0v) is 20.5. The zero-order chi connectivity index (χ0) is 24.3. The molecule has 1 aliphatic rings. The highest BCUT2D eigenvalue weighted by Crippen LogP contribution is 2.29. The van der Waals surface area contributed by atoms with Crippen molar-refractivity contribution in [1.29, 1.82) is 0 Å². The lowest BCUT2D eigenvalue weighted by Gasteiger charge is -2.46. The Morgan fingerprint density at radius 1 is 0.941 bits per heavy atom. The fourth-order valence-corrected chi connectivity index (χ4v) is 5.05. The van der Waals surface area contributed by atoms with Crippen molar-refractivity contribution in [3.63, 3.8) is 0 Å². The molecule has 34 heavy (non-hydrogen) atoms. The van der Waals surface area contributed by atoms with Gasteiger partial charge in [-0.3, -0.25) is 4.79 Å². The van der Waals surface area contributed by atoms with Crippen LogP contribution in [0.1, 0.15) is 56.5 Å². The van der Waals surface area contributed by atoms with Crippen LogP contribution in [0.5, 0.6) is 5.75 Å². The highest BCUT2D eigenvalue weighted by Gasteiger charge is 2.38. The monoisotopic (exact) mass is 457 g/mol. The first-order valence-corrected chi connectivity index (χ1v) is 11.9. The standard InChI is InChI=1S/C29H35N3O2/c1-28(2)17-25(18-29(3,4)32-28)31-27(33)22-10-8-20(9-11-22)19-34-26-7-5-6-23(16-26)21-12-14-24(30)15-13-21/h5-16,25,32H,17-19,30H2,1-4H3,(H,31,33). The molecule has 178 valence electrons. The lowest BCUT2D eigenvalue weighted by atomic mass is 9.79. The molecule has 1 heterocycles. The van der Waals surface area contributed by atoms with E-state index in [4.69, 9.17) is 10.5 Å². The summed E-state index contributed by atoms with van der Waals surface area (Å²) in [5.74, 6) is 0.773. The summed E-state index contributed by atoms with van der Waals surface area (Å²) < 4.78 is 6.01. The molecule has 5 nitrogen and oxygen atoms in total. The number of carbonyl (C=O) groups excluding carboxylic acids is 1. The molecule has 0 radical (unpaired) electrons. The molecular weight excluding hydrogens is 422 g/mol. The number of nitrogens with one attached hydrogen (secondary N) is 2. The van der Waals surface area contributed by atoms with E-state index in [9.17, 15) is 4.79 Å². The van der Waals surface area contributed by atoms with Gasteiger partial charge in [-0.1, -0.05) is 36.4 Å². The summed E-state index contributed by atoms with van der Waals surface area (Å²) in [4.78, 5) is 12.8. The fraction of sp³-hybridized carbons (Fsp3) is 0.345. The van der Waals surface area contributed by atoms with Crippen molar-refractivity contribution >= 4 is 11.6 Å². The second kappa shape index (κ2) is 9.51. The van der Waals surface area contributed by atoms with Gasteiger partial charge in [0.15, 0.2) is 0 Å². The lowest BCUT2D eigenvalue weighted by molar-refractivity contribution is 0.0873. The predicted octanol–water partition coefficient (Wildman–Crippen LogP) is 5.55. The van der Waals surface area contributed by atoms with Crippen LogP contribution in [0.3, 0.4) is 0 Å². The van der Waals surface area contributed by atoms with Gasteiger partial charge in [-0.05, 0) is 93.6 Å². The van der Waals surface area contributed by atoms with Crippen LogP contribution in [0.2, 0.25) is 0 Å². The molecule has 1 saturated heterocycles. The number of hydrogen-bond acceptors (Lipinski definition) is 4. The highest BCUT2D eigenvalue weighted by molar-refractivity contribution is 5.94. The molecule has 0 aliphatic carbocycles. The van der Waals surface area contributed by atoms with Crippen molar-refractivity contribution in [3.8, 4) is 16.9 Å². The first kappa shape index (κ1) is 23.8. The summed E-state index contributed by atoms with van der Waals surface area (Å²) in [7, 11) is 0. The molecule has 3 aromatic carbocycles. The average molecular weight is 458 g/mol. The first-order valence-electron chi connectivity index (χ1n) is 11.9. The van der Waals surface area contributed by atoms with Gasteiger partial charge < -0.3 is 21.1 Å². The van der Waals surface area contributed by atoms with Crippen molar-refractivity contribution in [2.24, 2.45) is 0 Å². The van der Waals surface area contributed by atoms with E-state index in [1.807, 2.05) is 66.7 Å². The quantitative estimate of drug-likeness (QED) is 0.424. The topological polar surface area (TPSA) is 76.4 Å². The van der Waals surface area contributed by atoms with Crippen LogP contribution in [-0.2, 0) is 6.61 Å². The molecule has 0 atom stereocenters. The van der Waals surface area contributed by atoms with E-state index in [1.165, 1.54) is 0 Å². The van der Waals surface area contributed by atoms with E-state index in [2.05, 4.69) is 44.4 Å². The number of ether oxygens (including phenoxy) is 1. The van der Waals surface area contributed by atoms with Gasteiger partial charge in [0.05, 0.1) is 0 Å². The maximum Gasteiger partial charge on any atom is 0.251 e. The molecule has 4 rings (SSSR count). The summed E-state index contributed by atoms with van der Waals surface area (Å²) >= 11 is 0. The van der Waals surface area contributed by atoms with E-state index in [0.717, 1.165) is 41.0 Å². The number of carbonyl (C=O) groups is 1. The van der Waals surface area contributed by atoms with E-state index in [-0.39, 0.29) is 23.0 Å². The summed E-state index contributed by atoms with van der Waals surface area (Å²) in [5.41, 5.74) is 10.4. The Kier molecular flexibility index (Phi) is 6.67. The van der Waals surface area contributed by atoms with Crippen LogP contribution in [0.4, 0.5) is 5.69 Å². The van der Waals surface area contributed by atoms with Crippen LogP contribution < -0.4 is 21.1 Å². The molecule has 5 heteroatoms. The van der Waals surface area contributed by atoms with E-state index >= 15 is 0 Å². The smallest absolute Gasteiger partial charge is 0.251 e. The van der Waals surface area contributed by atoms with E-state index < -0.39 is 0 Å². The maximum absolute atomic E-state index is 12.8. The molecule has 3 aromatic rings. The van der Waals surface area contributed by atoms with Crippen molar-refractivity contribution in [3.05, 3.63) is 83.9 Å². The molecule has 0 saturated carbocycles. The Balaban J connectivity index is 1.35. The Morgan fingerprint density at radius 2 is 1.59 bits per heavy atom. The lowest BCUT2D eigenvalue weighted by Crippen LogP contribution is -2.62. The molecule has 0 bridgehead atoms. The average Bonchev–Trinajstić information content (AvgIpc) is 2.76. The summed E-state index contributed by atoms with van der Waals surface area (Å²) in [5, 5.41) is 6.89. The van der Waals surface area contributed by atoms with Crippen LogP contribution in [0.15, 0.2) is 72.8 Å². The number of benzene rings is 3. The number of piperidine rings is 1. The Labute approximate surface area is 202 Å². The molecule has 1 fully saturated rings. The molecule has 0 unspecified atom stereocenters. The zero-order valence-electron chi connectivity index (χ0n) is 20.5. The van der Waals surface area contributed by atoms with Crippen LogP contribution in [-0.4, -0.2) is 23.0 Å². The van der Waals surface area contributed by atoms with Crippen LogP contribution >= 0.6 is 0 Å². The number of nitrogens with two attached hydrogens (primary N) is 1. The highest BCUT2D eigenvalue weighted by atomic mass is 16.5. The summed E-state index contributed by atoms with van der Waals surface area (Å²) in [6.07, 6.45) is 1.81. The summed E-state index contributed by atoms with van der Waals surface area (Å²) in [6.45, 7) is 9.19.